The van der Waals surface area contributed by atoms with Crippen molar-refractivity contribution in [2.24, 2.45) is 0 Å². The van der Waals surface area contributed by atoms with Crippen molar-refractivity contribution in [2.75, 3.05) is 11.5 Å². The molecule has 0 spiro atoms. The minimum absolute atomic E-state index is 0.0244. The lowest BCUT2D eigenvalue weighted by Gasteiger charge is -2.25. The molecule has 168 valence electrons. The molecular weight excluding hydrogens is 430 g/mol. The highest BCUT2D eigenvalue weighted by atomic mass is 16.5. The van der Waals surface area contributed by atoms with Gasteiger partial charge in [-0.3, -0.25) is 19.3 Å². The zero-order valence-electron chi connectivity index (χ0n) is 18.5. The molecule has 1 atom stereocenters. The average molecular weight is 451 g/mol. The Balaban J connectivity index is 1.69. The number of para-hydroxylation sites is 1. The molecule has 6 nitrogen and oxygen atoms in total. The number of carbonyl (C=O) groups excluding carboxylic acids is 2. The van der Waals surface area contributed by atoms with Crippen LogP contribution in [0.15, 0.2) is 94.7 Å². The number of rotatable bonds is 6. The molecule has 1 aliphatic rings. The van der Waals surface area contributed by atoms with Crippen molar-refractivity contribution in [2.45, 2.75) is 13.0 Å². The number of ketones is 1. The van der Waals surface area contributed by atoms with E-state index < -0.39 is 11.9 Å². The second-order valence-corrected chi connectivity index (χ2v) is 8.02. The Kier molecular flexibility index (Phi) is 5.34. The number of hydrogen-bond acceptors (Lipinski definition) is 5. The molecule has 1 unspecified atom stereocenters. The summed E-state index contributed by atoms with van der Waals surface area (Å²) < 4.78 is 11.5. The molecule has 34 heavy (non-hydrogen) atoms. The first-order valence-corrected chi connectivity index (χ1v) is 10.8. The Bertz CT molecular complexity index is 1480. The highest BCUT2D eigenvalue weighted by Gasteiger charge is 2.43. The van der Waals surface area contributed by atoms with Gasteiger partial charge in [0.05, 0.1) is 17.0 Å². The van der Waals surface area contributed by atoms with Crippen molar-refractivity contribution in [3.63, 3.8) is 0 Å². The van der Waals surface area contributed by atoms with Gasteiger partial charge in [-0.05, 0) is 61.0 Å². The molecule has 3 aromatic carbocycles. The fraction of sp³-hybridized carbons (Fsp3) is 0.107. The summed E-state index contributed by atoms with van der Waals surface area (Å²) in [6, 6.07) is 20.2. The summed E-state index contributed by atoms with van der Waals surface area (Å²) in [7, 11) is 0. The monoisotopic (exact) mass is 451 g/mol. The highest BCUT2D eigenvalue weighted by Crippen LogP contribution is 2.41. The molecule has 0 aliphatic carbocycles. The van der Waals surface area contributed by atoms with E-state index in [1.807, 2.05) is 12.1 Å². The van der Waals surface area contributed by atoms with E-state index in [2.05, 4.69) is 6.58 Å². The minimum atomic E-state index is -0.694. The van der Waals surface area contributed by atoms with Crippen LogP contribution in [-0.2, 0) is 0 Å². The third-order valence-corrected chi connectivity index (χ3v) is 5.89. The molecule has 1 aromatic heterocycles. The van der Waals surface area contributed by atoms with E-state index >= 15 is 0 Å². The van der Waals surface area contributed by atoms with Gasteiger partial charge in [0.1, 0.15) is 17.9 Å². The Morgan fingerprint density at radius 2 is 1.74 bits per heavy atom. The third-order valence-electron chi connectivity index (χ3n) is 5.89. The summed E-state index contributed by atoms with van der Waals surface area (Å²) >= 11 is 0. The molecule has 1 amide bonds. The first-order chi connectivity index (χ1) is 16.5. The fourth-order valence-electron chi connectivity index (χ4n) is 4.26. The number of nitrogens with zero attached hydrogens (tertiary/aromatic N) is 1. The summed E-state index contributed by atoms with van der Waals surface area (Å²) in [6.45, 7) is 5.50. The van der Waals surface area contributed by atoms with Gasteiger partial charge in [0.15, 0.2) is 11.2 Å². The van der Waals surface area contributed by atoms with Crippen molar-refractivity contribution in [3.8, 4) is 5.75 Å². The molecule has 1 aliphatic heterocycles. The number of fused-ring (bicyclic) bond motifs is 2. The van der Waals surface area contributed by atoms with Crippen molar-refractivity contribution >= 4 is 28.3 Å². The highest BCUT2D eigenvalue weighted by molar-refractivity contribution is 6.10. The van der Waals surface area contributed by atoms with E-state index in [0.29, 0.717) is 40.1 Å². The second kappa shape index (κ2) is 8.48. The Labute approximate surface area is 195 Å². The number of carbonyl (C=O) groups is 2. The van der Waals surface area contributed by atoms with Crippen LogP contribution in [0.3, 0.4) is 0 Å². The van der Waals surface area contributed by atoms with Crippen LogP contribution in [0.2, 0.25) is 0 Å². The normalized spacial score (nSPS) is 14.8. The van der Waals surface area contributed by atoms with Crippen LogP contribution >= 0.6 is 0 Å². The molecule has 0 radical (unpaired) electrons. The minimum Gasteiger partial charge on any atom is -0.490 e. The van der Waals surface area contributed by atoms with Crippen LogP contribution in [0.5, 0.6) is 5.75 Å². The van der Waals surface area contributed by atoms with Gasteiger partial charge in [-0.1, -0.05) is 36.9 Å². The number of hydrogen-bond donors (Lipinski definition) is 0. The van der Waals surface area contributed by atoms with Crippen LogP contribution in [0, 0.1) is 0 Å². The molecule has 5 rings (SSSR count). The van der Waals surface area contributed by atoms with Gasteiger partial charge in [-0.25, -0.2) is 0 Å². The van der Waals surface area contributed by atoms with E-state index in [0.717, 1.165) is 5.56 Å². The zero-order valence-corrected chi connectivity index (χ0v) is 18.5. The molecule has 4 aromatic rings. The number of benzene rings is 3. The molecule has 2 heterocycles. The Morgan fingerprint density at radius 3 is 2.41 bits per heavy atom. The first kappa shape index (κ1) is 21.4. The Morgan fingerprint density at radius 1 is 1.03 bits per heavy atom. The lowest BCUT2D eigenvalue weighted by Crippen LogP contribution is -2.29. The van der Waals surface area contributed by atoms with E-state index in [1.54, 1.807) is 66.7 Å². The third kappa shape index (κ3) is 3.49. The van der Waals surface area contributed by atoms with Crippen molar-refractivity contribution in [1.82, 2.24) is 0 Å². The summed E-state index contributed by atoms with van der Waals surface area (Å²) in [5, 5.41) is 0.416. The smallest absolute Gasteiger partial charge is 0.295 e. The van der Waals surface area contributed by atoms with Gasteiger partial charge in [-0.15, -0.1) is 0 Å². The molecule has 0 N–H and O–H groups in total. The van der Waals surface area contributed by atoms with Crippen molar-refractivity contribution in [1.29, 1.82) is 0 Å². The maximum atomic E-state index is 13.6. The maximum Gasteiger partial charge on any atom is 0.295 e. The van der Waals surface area contributed by atoms with Crippen LogP contribution < -0.4 is 15.1 Å². The number of amides is 1. The quantitative estimate of drug-likeness (QED) is 0.293. The summed E-state index contributed by atoms with van der Waals surface area (Å²) in [5.41, 5.74) is 2.23. The van der Waals surface area contributed by atoms with Crippen LogP contribution in [0.1, 0.15) is 45.0 Å². The molecule has 6 heteroatoms. The molecule has 0 bridgehead atoms. The topological polar surface area (TPSA) is 76.8 Å². The van der Waals surface area contributed by atoms with Gasteiger partial charge >= 0.3 is 0 Å². The number of anilines is 1. The van der Waals surface area contributed by atoms with Crippen molar-refractivity contribution < 1.29 is 18.7 Å². The molecular formula is C28H21NO5. The van der Waals surface area contributed by atoms with Gasteiger partial charge in [0, 0.05) is 11.3 Å². The standard InChI is InChI=1S/C28H21NO5/c1-3-16-33-21-14-10-19(11-15-21)25-24-26(31)22-6-4-5-7-23(22)34-27(24)28(32)29(25)20-12-8-18(9-13-20)17(2)30/h3-15,25H,1,16H2,2H3. The number of ether oxygens (including phenoxy) is 1. The molecule has 0 saturated heterocycles. The summed E-state index contributed by atoms with van der Waals surface area (Å²) in [6.07, 6.45) is 1.66. The van der Waals surface area contributed by atoms with Crippen LogP contribution in [-0.4, -0.2) is 18.3 Å². The predicted octanol–water partition coefficient (Wildman–Crippen LogP) is 5.31. The first-order valence-electron chi connectivity index (χ1n) is 10.8. The summed E-state index contributed by atoms with van der Waals surface area (Å²) in [5.74, 6) is 0.190. The lowest BCUT2D eigenvalue weighted by atomic mass is 9.98. The van der Waals surface area contributed by atoms with Crippen LogP contribution in [0.4, 0.5) is 5.69 Å². The second-order valence-electron chi connectivity index (χ2n) is 8.02. The van der Waals surface area contributed by atoms with Gasteiger partial charge in [0.25, 0.3) is 5.91 Å². The SMILES string of the molecule is C=CCOc1ccc(C2c3c(oc4ccccc4c3=O)C(=O)N2c2ccc(C(C)=O)cc2)cc1. The van der Waals surface area contributed by atoms with Gasteiger partial charge in [0.2, 0.25) is 5.76 Å². The van der Waals surface area contributed by atoms with Crippen LogP contribution in [0.25, 0.3) is 11.0 Å². The van der Waals surface area contributed by atoms with Crippen molar-refractivity contribution in [3.05, 3.63) is 118 Å². The predicted molar refractivity (Wildman–Crippen MR) is 130 cm³/mol. The lowest BCUT2D eigenvalue weighted by molar-refractivity contribution is 0.0970. The van der Waals surface area contributed by atoms with E-state index in [4.69, 9.17) is 9.15 Å². The summed E-state index contributed by atoms with van der Waals surface area (Å²) in [4.78, 5) is 40.4. The molecule has 0 fully saturated rings. The number of Topliss-reactive ketones (excluding diaryl/α,β-unsaturated/α-hetero) is 1. The van der Waals surface area contributed by atoms with E-state index in [1.165, 1.54) is 11.8 Å². The molecule has 0 saturated carbocycles. The Hall–Kier alpha value is -4.45. The fourth-order valence-corrected chi connectivity index (χ4v) is 4.26. The maximum absolute atomic E-state index is 13.6. The zero-order chi connectivity index (χ0) is 23.8. The van der Waals surface area contributed by atoms with E-state index in [9.17, 15) is 14.4 Å². The van der Waals surface area contributed by atoms with E-state index in [-0.39, 0.29) is 17.0 Å². The van der Waals surface area contributed by atoms with Gasteiger partial charge in [-0.2, -0.15) is 0 Å². The van der Waals surface area contributed by atoms with Gasteiger partial charge < -0.3 is 9.15 Å². The largest absolute Gasteiger partial charge is 0.490 e. The average Bonchev–Trinajstić information content (AvgIpc) is 3.15.